The first-order valence-corrected chi connectivity index (χ1v) is 5.66. The summed E-state index contributed by atoms with van der Waals surface area (Å²) in [4.78, 5) is 7.99. The van der Waals surface area contributed by atoms with E-state index in [0.717, 1.165) is 6.42 Å². The topological polar surface area (TPSA) is 52.8 Å². The van der Waals surface area contributed by atoms with Crippen molar-refractivity contribution < 1.29 is 4.74 Å². The molecule has 5 nitrogen and oxygen atoms in total. The molecule has 0 aliphatic carbocycles. The highest BCUT2D eigenvalue weighted by Crippen LogP contribution is 2.11. The normalized spacial score (nSPS) is 12.4. The number of aryl methyl sites for hydroxylation is 1. The van der Waals surface area contributed by atoms with Crippen molar-refractivity contribution in [3.63, 3.8) is 0 Å². The molecule has 0 aliphatic heterocycles. The van der Waals surface area contributed by atoms with Crippen LogP contribution in [0.2, 0.25) is 0 Å². The smallest absolute Gasteiger partial charge is 0.316 e. The third-order valence-corrected chi connectivity index (χ3v) is 2.49. The van der Waals surface area contributed by atoms with Gasteiger partial charge in [-0.3, -0.25) is 4.68 Å². The monoisotopic (exact) mass is 232 g/mol. The van der Waals surface area contributed by atoms with Gasteiger partial charge in [0.2, 0.25) is 0 Å². The molecule has 0 saturated heterocycles. The van der Waals surface area contributed by atoms with Gasteiger partial charge in [0.05, 0.1) is 18.8 Å². The number of nitrogens with zero attached hydrogens (tertiary/aromatic N) is 4. The lowest BCUT2D eigenvalue weighted by atomic mass is 10.2. The highest BCUT2D eigenvalue weighted by atomic mass is 16.5. The van der Waals surface area contributed by atoms with Crippen LogP contribution in [-0.4, -0.2) is 26.4 Å². The average molecular weight is 232 g/mol. The molecule has 2 heterocycles. The van der Waals surface area contributed by atoms with Gasteiger partial charge in [0.1, 0.15) is 0 Å². The Kier molecular flexibility index (Phi) is 3.69. The zero-order valence-electron chi connectivity index (χ0n) is 10.1. The Hall–Kier alpha value is -1.91. The number of rotatable bonds is 5. The third kappa shape index (κ3) is 3.27. The van der Waals surface area contributed by atoms with E-state index >= 15 is 0 Å². The highest BCUT2D eigenvalue weighted by Gasteiger charge is 2.06. The maximum absolute atomic E-state index is 5.44. The molecule has 0 amide bonds. The van der Waals surface area contributed by atoms with Crippen molar-refractivity contribution in [2.75, 3.05) is 6.61 Å². The van der Waals surface area contributed by atoms with Crippen LogP contribution < -0.4 is 4.74 Å². The summed E-state index contributed by atoms with van der Waals surface area (Å²) < 4.78 is 7.39. The molecule has 0 bridgehead atoms. The summed E-state index contributed by atoms with van der Waals surface area (Å²) >= 11 is 0. The average Bonchev–Trinajstić information content (AvgIpc) is 2.77. The fourth-order valence-electron chi connectivity index (χ4n) is 1.49. The van der Waals surface area contributed by atoms with E-state index in [9.17, 15) is 0 Å². The van der Waals surface area contributed by atoms with Gasteiger partial charge in [0, 0.05) is 25.0 Å². The maximum Gasteiger partial charge on any atom is 0.316 e. The highest BCUT2D eigenvalue weighted by molar-refractivity contribution is 5.00. The van der Waals surface area contributed by atoms with Crippen molar-refractivity contribution in [3.05, 3.63) is 36.4 Å². The van der Waals surface area contributed by atoms with Crippen molar-refractivity contribution in [2.24, 2.45) is 0 Å². The molecular weight excluding hydrogens is 216 g/mol. The summed E-state index contributed by atoms with van der Waals surface area (Å²) in [5.41, 5.74) is 1.17. The van der Waals surface area contributed by atoms with E-state index in [1.807, 2.05) is 24.0 Å². The molecular formula is C12H16N4O. The fraction of sp³-hybridized carbons (Fsp3) is 0.417. The molecule has 90 valence electrons. The Morgan fingerprint density at radius 1 is 1.35 bits per heavy atom. The lowest BCUT2D eigenvalue weighted by Crippen LogP contribution is -2.11. The van der Waals surface area contributed by atoms with Gasteiger partial charge in [0.15, 0.2) is 0 Å². The Labute approximate surface area is 100 Å². The van der Waals surface area contributed by atoms with E-state index in [1.165, 1.54) is 5.56 Å². The molecule has 0 N–H and O–H groups in total. The molecule has 17 heavy (non-hydrogen) atoms. The van der Waals surface area contributed by atoms with E-state index in [2.05, 4.69) is 22.0 Å². The van der Waals surface area contributed by atoms with Crippen molar-refractivity contribution in [3.8, 4) is 6.01 Å². The van der Waals surface area contributed by atoms with Crippen LogP contribution in [-0.2, 0) is 0 Å². The van der Waals surface area contributed by atoms with E-state index < -0.39 is 0 Å². The number of aromatic nitrogens is 4. The summed E-state index contributed by atoms with van der Waals surface area (Å²) in [7, 11) is 0. The second kappa shape index (κ2) is 5.43. The molecule has 0 aliphatic rings. The van der Waals surface area contributed by atoms with Crippen LogP contribution in [0.3, 0.4) is 0 Å². The predicted molar refractivity (Wildman–Crippen MR) is 63.8 cm³/mol. The van der Waals surface area contributed by atoms with Gasteiger partial charge in [-0.05, 0) is 25.5 Å². The Bertz CT molecular complexity index is 455. The molecule has 0 saturated carbocycles. The minimum absolute atomic E-state index is 0.312. The quantitative estimate of drug-likeness (QED) is 0.791. The molecule has 5 heteroatoms. The first-order valence-electron chi connectivity index (χ1n) is 5.66. The van der Waals surface area contributed by atoms with Gasteiger partial charge in [-0.1, -0.05) is 0 Å². The van der Waals surface area contributed by atoms with Gasteiger partial charge in [0.25, 0.3) is 0 Å². The second-order valence-electron chi connectivity index (χ2n) is 4.02. The number of ether oxygens (including phenoxy) is 1. The first-order chi connectivity index (χ1) is 8.25. The minimum Gasteiger partial charge on any atom is -0.463 e. The van der Waals surface area contributed by atoms with E-state index in [-0.39, 0.29) is 0 Å². The Morgan fingerprint density at radius 3 is 2.76 bits per heavy atom. The fourth-order valence-corrected chi connectivity index (χ4v) is 1.49. The SMILES string of the molecule is Cc1cnn(C(C)CCOc2ncccn2)c1. The van der Waals surface area contributed by atoms with Crippen LogP contribution in [0.4, 0.5) is 0 Å². The van der Waals surface area contributed by atoms with Gasteiger partial charge in [-0.15, -0.1) is 0 Å². The molecule has 1 unspecified atom stereocenters. The predicted octanol–water partition coefficient (Wildman–Crippen LogP) is 2.01. The lowest BCUT2D eigenvalue weighted by Gasteiger charge is -2.11. The summed E-state index contributed by atoms with van der Waals surface area (Å²) in [6.07, 6.45) is 8.10. The van der Waals surface area contributed by atoms with Crippen molar-refractivity contribution in [1.82, 2.24) is 19.7 Å². The van der Waals surface area contributed by atoms with Crippen LogP contribution in [0.25, 0.3) is 0 Å². The number of hydrogen-bond donors (Lipinski definition) is 0. The van der Waals surface area contributed by atoms with E-state index in [1.54, 1.807) is 18.5 Å². The molecule has 0 aromatic carbocycles. The third-order valence-electron chi connectivity index (χ3n) is 2.49. The minimum atomic E-state index is 0.312. The molecule has 0 radical (unpaired) electrons. The van der Waals surface area contributed by atoms with Crippen LogP contribution in [0, 0.1) is 6.92 Å². The zero-order valence-corrected chi connectivity index (χ0v) is 10.1. The van der Waals surface area contributed by atoms with E-state index in [4.69, 9.17) is 4.74 Å². The Morgan fingerprint density at radius 2 is 2.12 bits per heavy atom. The van der Waals surface area contributed by atoms with Crippen LogP contribution in [0.15, 0.2) is 30.9 Å². The van der Waals surface area contributed by atoms with Crippen molar-refractivity contribution in [2.45, 2.75) is 26.3 Å². The Balaban J connectivity index is 1.79. The van der Waals surface area contributed by atoms with Crippen LogP contribution >= 0.6 is 0 Å². The molecule has 2 aromatic heterocycles. The summed E-state index contributed by atoms with van der Waals surface area (Å²) in [6.45, 7) is 4.73. The standard InChI is InChI=1S/C12H16N4O/c1-10-8-15-16(9-10)11(2)4-7-17-12-13-5-3-6-14-12/h3,5-6,8-9,11H,4,7H2,1-2H3. The van der Waals surface area contributed by atoms with Crippen LogP contribution in [0.1, 0.15) is 24.9 Å². The van der Waals surface area contributed by atoms with Crippen LogP contribution in [0.5, 0.6) is 6.01 Å². The number of hydrogen-bond acceptors (Lipinski definition) is 4. The van der Waals surface area contributed by atoms with Crippen molar-refractivity contribution >= 4 is 0 Å². The first kappa shape index (κ1) is 11.6. The lowest BCUT2D eigenvalue weighted by molar-refractivity contribution is 0.259. The van der Waals surface area contributed by atoms with Gasteiger partial charge in [-0.2, -0.15) is 5.10 Å². The molecule has 0 spiro atoms. The summed E-state index contributed by atoms with van der Waals surface area (Å²) in [5.74, 6) is 0. The van der Waals surface area contributed by atoms with Gasteiger partial charge in [-0.25, -0.2) is 9.97 Å². The zero-order chi connectivity index (χ0) is 12.1. The van der Waals surface area contributed by atoms with E-state index in [0.29, 0.717) is 18.7 Å². The summed E-state index contributed by atoms with van der Waals surface area (Å²) in [5, 5.41) is 4.27. The molecule has 1 atom stereocenters. The van der Waals surface area contributed by atoms with Gasteiger partial charge >= 0.3 is 6.01 Å². The molecule has 0 fully saturated rings. The second-order valence-corrected chi connectivity index (χ2v) is 4.02. The summed E-state index contributed by atoms with van der Waals surface area (Å²) in [6, 6.07) is 2.51. The van der Waals surface area contributed by atoms with Crippen molar-refractivity contribution in [1.29, 1.82) is 0 Å². The largest absolute Gasteiger partial charge is 0.463 e. The molecule has 2 aromatic rings. The molecule has 2 rings (SSSR count). The van der Waals surface area contributed by atoms with Gasteiger partial charge < -0.3 is 4.74 Å². The maximum atomic E-state index is 5.44.